The van der Waals surface area contributed by atoms with Gasteiger partial charge in [0.1, 0.15) is 5.82 Å². The SMILES string of the molecule is C=C(OCC1(CO)CS(=O)(=O)C1)[C@@H]1CCN(/C2=C/CCC=Nc3[nH]ccc32)CC12CC2. The number of aromatic amines is 1. The van der Waals surface area contributed by atoms with Gasteiger partial charge in [0.15, 0.2) is 9.84 Å². The molecule has 0 aromatic carbocycles. The van der Waals surface area contributed by atoms with Crippen molar-refractivity contribution in [1.82, 2.24) is 9.88 Å². The average Bonchev–Trinajstić information content (AvgIpc) is 3.31. The molecule has 0 amide bonds. The van der Waals surface area contributed by atoms with Gasteiger partial charge >= 0.3 is 0 Å². The highest BCUT2D eigenvalue weighted by Crippen LogP contribution is 2.59. The number of allylic oxidation sites excluding steroid dienone is 2. The van der Waals surface area contributed by atoms with Crippen LogP contribution in [0.2, 0.25) is 0 Å². The van der Waals surface area contributed by atoms with Crippen LogP contribution in [-0.4, -0.2) is 67.4 Å². The van der Waals surface area contributed by atoms with Crippen molar-refractivity contribution in [3.63, 3.8) is 0 Å². The average molecular weight is 446 g/mol. The first-order valence-electron chi connectivity index (χ1n) is 11.1. The summed E-state index contributed by atoms with van der Waals surface area (Å²) in [6.45, 7) is 6.19. The number of piperidine rings is 1. The molecule has 2 saturated heterocycles. The molecule has 8 heteroatoms. The Bertz CT molecular complexity index is 1020. The smallest absolute Gasteiger partial charge is 0.151 e. The second-order valence-corrected chi connectivity index (χ2v) is 11.9. The van der Waals surface area contributed by atoms with Crippen LogP contribution in [0.5, 0.6) is 0 Å². The molecular weight excluding hydrogens is 414 g/mol. The number of nitrogens with zero attached hydrogens (tertiary/aromatic N) is 2. The minimum Gasteiger partial charge on any atom is -0.497 e. The number of aliphatic hydroxyl groups is 1. The van der Waals surface area contributed by atoms with Crippen molar-refractivity contribution < 1.29 is 18.3 Å². The number of rotatable bonds is 6. The van der Waals surface area contributed by atoms with Gasteiger partial charge in [0.2, 0.25) is 0 Å². The lowest BCUT2D eigenvalue weighted by molar-refractivity contribution is 0.0288. The van der Waals surface area contributed by atoms with Crippen LogP contribution in [-0.2, 0) is 14.6 Å². The Kier molecular flexibility index (Phi) is 5.05. The molecule has 0 unspecified atom stereocenters. The van der Waals surface area contributed by atoms with E-state index in [0.717, 1.165) is 62.3 Å². The van der Waals surface area contributed by atoms with E-state index >= 15 is 0 Å². The van der Waals surface area contributed by atoms with Crippen LogP contribution in [0.1, 0.15) is 37.7 Å². The summed E-state index contributed by atoms with van der Waals surface area (Å²) in [5.41, 5.74) is 1.95. The summed E-state index contributed by atoms with van der Waals surface area (Å²) >= 11 is 0. The normalized spacial score (nSPS) is 29.1. The molecule has 4 heterocycles. The molecule has 31 heavy (non-hydrogen) atoms. The standard InChI is InChI=1S/C23H31N3O4S/c1-17(30-14-22(13-27)15-31(28,29)16-22)19-6-11-26(12-23(19)7-8-23)20-4-2-3-9-24-21-18(20)5-10-25-21/h4-5,9-10,19,25,27H,1-3,6-8,11-16H2/b20-4+,24-9?/t19-/m0/s1. The number of H-pyrrole nitrogens is 1. The molecule has 3 aliphatic heterocycles. The number of aliphatic imine (C=N–C) groups is 1. The number of hydrogen-bond donors (Lipinski definition) is 2. The summed E-state index contributed by atoms with van der Waals surface area (Å²) in [6, 6.07) is 2.11. The van der Waals surface area contributed by atoms with E-state index < -0.39 is 15.3 Å². The molecule has 1 aromatic heterocycles. The maximum atomic E-state index is 11.6. The fraction of sp³-hybridized carbons (Fsp3) is 0.609. The Morgan fingerprint density at radius 3 is 2.87 bits per heavy atom. The maximum Gasteiger partial charge on any atom is 0.151 e. The van der Waals surface area contributed by atoms with E-state index in [1.165, 1.54) is 5.70 Å². The molecular formula is C23H31N3O4S. The molecule has 1 aliphatic carbocycles. The topological polar surface area (TPSA) is 95.0 Å². The molecule has 1 atom stereocenters. The van der Waals surface area contributed by atoms with Gasteiger partial charge in [-0.2, -0.15) is 0 Å². The van der Waals surface area contributed by atoms with E-state index in [4.69, 9.17) is 4.74 Å². The maximum absolute atomic E-state index is 11.6. The van der Waals surface area contributed by atoms with Crippen LogP contribution in [0, 0.1) is 16.7 Å². The van der Waals surface area contributed by atoms with Crippen molar-refractivity contribution in [2.45, 2.75) is 32.1 Å². The number of ether oxygens (including phenoxy) is 1. The number of fused-ring (bicyclic) bond motifs is 1. The highest BCUT2D eigenvalue weighted by atomic mass is 32.2. The predicted molar refractivity (Wildman–Crippen MR) is 121 cm³/mol. The zero-order valence-electron chi connectivity index (χ0n) is 17.8. The van der Waals surface area contributed by atoms with Crippen molar-refractivity contribution in [2.75, 3.05) is 37.8 Å². The predicted octanol–water partition coefficient (Wildman–Crippen LogP) is 2.89. The number of nitrogens with one attached hydrogen (secondary N) is 1. The van der Waals surface area contributed by atoms with E-state index in [0.29, 0.717) is 0 Å². The van der Waals surface area contributed by atoms with Crippen molar-refractivity contribution in [2.24, 2.45) is 21.7 Å². The third kappa shape index (κ3) is 3.84. The zero-order chi connectivity index (χ0) is 21.7. The minimum atomic E-state index is -3.02. The molecule has 1 spiro atoms. The molecule has 0 bridgehead atoms. The Morgan fingerprint density at radius 2 is 2.16 bits per heavy atom. The van der Waals surface area contributed by atoms with Crippen LogP contribution in [0.3, 0.4) is 0 Å². The minimum absolute atomic E-state index is 0.00298. The second-order valence-electron chi connectivity index (χ2n) is 9.79. The Morgan fingerprint density at radius 1 is 1.35 bits per heavy atom. The molecule has 1 aromatic rings. The van der Waals surface area contributed by atoms with E-state index in [1.807, 2.05) is 12.4 Å². The largest absolute Gasteiger partial charge is 0.497 e. The van der Waals surface area contributed by atoms with Gasteiger partial charge in [0.25, 0.3) is 0 Å². The lowest BCUT2D eigenvalue weighted by Gasteiger charge is -2.43. The molecule has 168 valence electrons. The molecule has 4 aliphatic rings. The van der Waals surface area contributed by atoms with Gasteiger partial charge in [-0.1, -0.05) is 12.7 Å². The van der Waals surface area contributed by atoms with Gasteiger partial charge < -0.3 is 19.7 Å². The molecule has 5 rings (SSSR count). The highest BCUT2D eigenvalue weighted by Gasteiger charge is 2.55. The lowest BCUT2D eigenvalue weighted by Crippen LogP contribution is -2.54. The fourth-order valence-electron chi connectivity index (χ4n) is 5.53. The van der Waals surface area contributed by atoms with Crippen LogP contribution in [0.4, 0.5) is 5.82 Å². The summed E-state index contributed by atoms with van der Waals surface area (Å²) in [5.74, 6) is 1.96. The molecule has 2 N–H and O–H groups in total. The van der Waals surface area contributed by atoms with Crippen LogP contribution >= 0.6 is 0 Å². The Hall–Kier alpha value is -2.06. The Balaban J connectivity index is 1.26. The Labute approximate surface area is 183 Å². The third-order valence-corrected chi connectivity index (χ3v) is 9.46. The first-order chi connectivity index (χ1) is 14.9. The molecule has 7 nitrogen and oxygen atoms in total. The molecule has 3 fully saturated rings. The molecule has 1 saturated carbocycles. The highest BCUT2D eigenvalue weighted by molar-refractivity contribution is 7.92. The van der Waals surface area contributed by atoms with Crippen molar-refractivity contribution in [3.8, 4) is 0 Å². The zero-order valence-corrected chi connectivity index (χ0v) is 18.7. The first kappa shape index (κ1) is 20.8. The third-order valence-electron chi connectivity index (χ3n) is 7.36. The summed E-state index contributed by atoms with van der Waals surface area (Å²) in [4.78, 5) is 10.3. The lowest BCUT2D eigenvalue weighted by atomic mass is 9.80. The van der Waals surface area contributed by atoms with E-state index in [9.17, 15) is 13.5 Å². The number of aromatic nitrogens is 1. The van der Waals surface area contributed by atoms with Gasteiger partial charge in [-0.3, -0.25) is 0 Å². The number of likely N-dealkylation sites (tertiary alicyclic amines) is 1. The van der Waals surface area contributed by atoms with Gasteiger partial charge in [-0.15, -0.1) is 0 Å². The number of sulfone groups is 1. The van der Waals surface area contributed by atoms with Crippen LogP contribution < -0.4 is 0 Å². The van der Waals surface area contributed by atoms with Crippen LogP contribution in [0.25, 0.3) is 5.70 Å². The van der Waals surface area contributed by atoms with Crippen LogP contribution in [0.15, 0.2) is 35.7 Å². The molecule has 0 radical (unpaired) electrons. The number of hydrogen-bond acceptors (Lipinski definition) is 6. The van der Waals surface area contributed by atoms with Crippen molar-refractivity contribution >= 4 is 27.6 Å². The van der Waals surface area contributed by atoms with Gasteiger partial charge in [-0.25, -0.2) is 13.4 Å². The summed E-state index contributed by atoms with van der Waals surface area (Å²) < 4.78 is 29.3. The summed E-state index contributed by atoms with van der Waals surface area (Å²) in [5, 5.41) is 9.69. The number of aliphatic hydroxyl groups excluding tert-OH is 1. The van der Waals surface area contributed by atoms with Crippen molar-refractivity contribution in [3.05, 3.63) is 36.2 Å². The quantitative estimate of drug-likeness (QED) is 0.657. The van der Waals surface area contributed by atoms with Gasteiger partial charge in [0.05, 0.1) is 35.9 Å². The second kappa shape index (κ2) is 7.52. The summed E-state index contributed by atoms with van der Waals surface area (Å²) in [6.07, 6.45) is 11.5. The summed E-state index contributed by atoms with van der Waals surface area (Å²) in [7, 11) is -3.02. The first-order valence-corrected chi connectivity index (χ1v) is 13.0. The van der Waals surface area contributed by atoms with E-state index in [2.05, 4.69) is 33.6 Å². The van der Waals surface area contributed by atoms with E-state index in [1.54, 1.807) is 0 Å². The fourth-order valence-corrected chi connectivity index (χ4v) is 7.66. The van der Waals surface area contributed by atoms with Gasteiger partial charge in [-0.05, 0) is 43.6 Å². The van der Waals surface area contributed by atoms with E-state index in [-0.39, 0.29) is 36.1 Å². The van der Waals surface area contributed by atoms with Gasteiger partial charge in [0, 0.05) is 42.7 Å². The van der Waals surface area contributed by atoms with Crippen molar-refractivity contribution in [1.29, 1.82) is 0 Å². The monoisotopic (exact) mass is 445 g/mol.